The second kappa shape index (κ2) is 7.19. The Morgan fingerprint density at radius 2 is 2.15 bits per heavy atom. The zero-order chi connectivity index (χ0) is 15.3. The van der Waals surface area contributed by atoms with Gasteiger partial charge in [0.15, 0.2) is 0 Å². The van der Waals surface area contributed by atoms with Crippen LogP contribution in [0.3, 0.4) is 0 Å². The van der Waals surface area contributed by atoms with Crippen LogP contribution >= 0.6 is 15.9 Å². The molecule has 4 nitrogen and oxygen atoms in total. The van der Waals surface area contributed by atoms with Crippen molar-refractivity contribution in [3.05, 3.63) is 46.7 Å². The fourth-order valence-corrected chi connectivity index (χ4v) is 1.78. The van der Waals surface area contributed by atoms with Gasteiger partial charge < -0.3 is 10.1 Å². The maximum atomic E-state index is 13.4. The molecule has 2 atom stereocenters. The Kier molecular flexibility index (Phi) is 5.88. The van der Waals surface area contributed by atoms with Crippen molar-refractivity contribution in [1.29, 1.82) is 0 Å². The van der Waals surface area contributed by atoms with Gasteiger partial charge in [-0.2, -0.15) is 0 Å². The minimum Gasteiger partial charge on any atom is -0.467 e. The molecule has 0 aliphatic rings. The van der Waals surface area contributed by atoms with E-state index >= 15 is 0 Å². The van der Waals surface area contributed by atoms with Crippen LogP contribution in [0.15, 0.2) is 35.3 Å². The molecule has 1 aromatic carbocycles. The molecule has 1 amide bonds. The predicted octanol–water partition coefficient (Wildman–Crippen LogP) is 2.68. The average molecular weight is 344 g/mol. The van der Waals surface area contributed by atoms with Crippen molar-refractivity contribution in [1.82, 2.24) is 5.32 Å². The molecule has 20 heavy (non-hydrogen) atoms. The maximum absolute atomic E-state index is 13.4. The van der Waals surface area contributed by atoms with Crippen LogP contribution in [0.1, 0.15) is 17.3 Å². The van der Waals surface area contributed by atoms with E-state index in [1.807, 2.05) is 0 Å². The minimum atomic E-state index is -0.864. The third-order valence-electron chi connectivity index (χ3n) is 2.82. The Bertz CT molecular complexity index is 533. The van der Waals surface area contributed by atoms with Crippen LogP contribution in [0.5, 0.6) is 0 Å². The van der Waals surface area contributed by atoms with Crippen molar-refractivity contribution in [2.45, 2.75) is 13.0 Å². The Morgan fingerprint density at radius 3 is 2.65 bits per heavy atom. The summed E-state index contributed by atoms with van der Waals surface area (Å²) in [6.45, 7) is 5.30. The van der Waals surface area contributed by atoms with Gasteiger partial charge in [-0.05, 0) is 34.1 Å². The molecule has 6 heteroatoms. The van der Waals surface area contributed by atoms with Crippen LogP contribution in [-0.4, -0.2) is 25.0 Å². The number of hydrogen-bond donors (Lipinski definition) is 1. The van der Waals surface area contributed by atoms with Gasteiger partial charge in [0.25, 0.3) is 5.91 Å². The van der Waals surface area contributed by atoms with Crippen LogP contribution in [0.25, 0.3) is 0 Å². The van der Waals surface area contributed by atoms with Gasteiger partial charge in [0.1, 0.15) is 11.9 Å². The first-order valence-electron chi connectivity index (χ1n) is 5.87. The molecular formula is C14H15BrFNO3. The highest BCUT2D eigenvalue weighted by molar-refractivity contribution is 9.10. The summed E-state index contributed by atoms with van der Waals surface area (Å²) >= 11 is 3.00. The summed E-state index contributed by atoms with van der Waals surface area (Å²) < 4.78 is 18.3. The van der Waals surface area contributed by atoms with Crippen molar-refractivity contribution in [3.8, 4) is 0 Å². The quantitative estimate of drug-likeness (QED) is 0.660. The first kappa shape index (κ1) is 16.4. The van der Waals surface area contributed by atoms with Crippen molar-refractivity contribution < 1.29 is 18.7 Å². The molecule has 0 bridgehead atoms. The Balaban J connectivity index is 2.92. The molecule has 0 fully saturated rings. The van der Waals surface area contributed by atoms with E-state index in [1.165, 1.54) is 25.3 Å². The summed E-state index contributed by atoms with van der Waals surface area (Å²) in [5, 5.41) is 2.51. The van der Waals surface area contributed by atoms with E-state index in [-0.39, 0.29) is 16.0 Å². The zero-order valence-corrected chi connectivity index (χ0v) is 12.7. The summed E-state index contributed by atoms with van der Waals surface area (Å²) in [4.78, 5) is 23.7. The molecule has 1 N–H and O–H groups in total. The van der Waals surface area contributed by atoms with E-state index < -0.39 is 23.7 Å². The van der Waals surface area contributed by atoms with Gasteiger partial charge in [0.2, 0.25) is 0 Å². The van der Waals surface area contributed by atoms with Gasteiger partial charge in [0.05, 0.1) is 11.6 Å². The summed E-state index contributed by atoms with van der Waals surface area (Å²) in [5.74, 6) is -2.00. The Morgan fingerprint density at radius 1 is 1.50 bits per heavy atom. The van der Waals surface area contributed by atoms with Gasteiger partial charge in [-0.1, -0.05) is 13.0 Å². The molecule has 0 saturated carbocycles. The largest absolute Gasteiger partial charge is 0.467 e. The Hall–Kier alpha value is -1.69. The number of carbonyl (C=O) groups excluding carboxylic acids is 2. The number of methoxy groups -OCH3 is 1. The lowest BCUT2D eigenvalue weighted by Gasteiger charge is -2.20. The SMILES string of the molecule is C=C[C@@H](C)[C@@H](NC(=O)c1ccc(Br)c(F)c1)C(=O)OC. The van der Waals surface area contributed by atoms with Crippen LogP contribution in [0.2, 0.25) is 0 Å². The van der Waals surface area contributed by atoms with Crippen molar-refractivity contribution in [2.75, 3.05) is 7.11 Å². The molecule has 0 spiro atoms. The lowest BCUT2D eigenvalue weighted by atomic mass is 10.0. The van der Waals surface area contributed by atoms with E-state index in [1.54, 1.807) is 6.92 Å². The highest BCUT2D eigenvalue weighted by Gasteiger charge is 2.26. The molecule has 0 aliphatic carbocycles. The number of amides is 1. The maximum Gasteiger partial charge on any atom is 0.328 e. The van der Waals surface area contributed by atoms with Gasteiger partial charge in [0, 0.05) is 11.5 Å². The normalized spacial score (nSPS) is 13.2. The molecular weight excluding hydrogens is 329 g/mol. The van der Waals surface area contributed by atoms with E-state index in [4.69, 9.17) is 0 Å². The number of esters is 1. The molecule has 1 aromatic rings. The van der Waals surface area contributed by atoms with Crippen molar-refractivity contribution in [2.24, 2.45) is 5.92 Å². The third kappa shape index (κ3) is 3.90. The van der Waals surface area contributed by atoms with Crippen LogP contribution in [0.4, 0.5) is 4.39 Å². The fraction of sp³-hybridized carbons (Fsp3) is 0.286. The number of carbonyl (C=O) groups is 2. The molecule has 1 rings (SSSR count). The van der Waals surface area contributed by atoms with Crippen LogP contribution < -0.4 is 5.32 Å². The molecule has 0 radical (unpaired) electrons. The summed E-state index contributed by atoms with van der Waals surface area (Å²) in [6.07, 6.45) is 1.53. The molecule has 0 heterocycles. The number of hydrogen-bond acceptors (Lipinski definition) is 3. The first-order valence-corrected chi connectivity index (χ1v) is 6.66. The van der Waals surface area contributed by atoms with Crippen LogP contribution in [0, 0.1) is 11.7 Å². The number of rotatable bonds is 5. The van der Waals surface area contributed by atoms with Crippen LogP contribution in [-0.2, 0) is 9.53 Å². The van der Waals surface area contributed by atoms with E-state index in [9.17, 15) is 14.0 Å². The third-order valence-corrected chi connectivity index (χ3v) is 3.46. The smallest absolute Gasteiger partial charge is 0.328 e. The molecule has 0 saturated heterocycles. The lowest BCUT2D eigenvalue weighted by molar-refractivity contribution is -0.143. The highest BCUT2D eigenvalue weighted by Crippen LogP contribution is 2.17. The average Bonchev–Trinajstić information content (AvgIpc) is 2.45. The van der Waals surface area contributed by atoms with E-state index in [0.717, 1.165) is 6.07 Å². The fourth-order valence-electron chi connectivity index (χ4n) is 1.53. The van der Waals surface area contributed by atoms with Gasteiger partial charge in [-0.3, -0.25) is 4.79 Å². The molecule has 0 aromatic heterocycles. The minimum absolute atomic E-state index is 0.121. The number of nitrogens with one attached hydrogen (secondary N) is 1. The number of ether oxygens (including phenoxy) is 1. The van der Waals surface area contributed by atoms with Gasteiger partial charge in [-0.25, -0.2) is 9.18 Å². The topological polar surface area (TPSA) is 55.4 Å². The molecule has 108 valence electrons. The summed E-state index contributed by atoms with van der Waals surface area (Å²) in [7, 11) is 1.23. The first-order chi connectivity index (χ1) is 9.40. The van der Waals surface area contributed by atoms with E-state index in [2.05, 4.69) is 32.6 Å². The standard InChI is InChI=1S/C14H15BrFNO3/c1-4-8(2)12(14(19)20-3)17-13(18)9-5-6-10(15)11(16)7-9/h4-8,12H,1H2,2-3H3,(H,17,18)/t8-,12-/m1/s1. The molecule has 0 unspecified atom stereocenters. The second-order valence-corrected chi connectivity index (χ2v) is 5.05. The summed E-state index contributed by atoms with van der Waals surface area (Å²) in [6, 6.07) is 3.10. The van der Waals surface area contributed by atoms with Crippen molar-refractivity contribution in [3.63, 3.8) is 0 Å². The zero-order valence-electron chi connectivity index (χ0n) is 11.2. The monoisotopic (exact) mass is 343 g/mol. The predicted molar refractivity (Wildman–Crippen MR) is 76.7 cm³/mol. The summed E-state index contributed by atoms with van der Waals surface area (Å²) in [5.41, 5.74) is 0.121. The van der Waals surface area contributed by atoms with E-state index in [0.29, 0.717) is 0 Å². The lowest BCUT2D eigenvalue weighted by Crippen LogP contribution is -2.45. The number of benzene rings is 1. The second-order valence-electron chi connectivity index (χ2n) is 4.20. The highest BCUT2D eigenvalue weighted by atomic mass is 79.9. The molecule has 0 aliphatic heterocycles. The van der Waals surface area contributed by atoms with Crippen molar-refractivity contribution >= 4 is 27.8 Å². The Labute approximate surface area is 125 Å². The van der Waals surface area contributed by atoms with Gasteiger partial charge >= 0.3 is 5.97 Å². The number of halogens is 2. The van der Waals surface area contributed by atoms with Gasteiger partial charge in [-0.15, -0.1) is 6.58 Å².